The fraction of sp³-hybridized carbons (Fsp3) is 0.407. The van der Waals surface area contributed by atoms with Gasteiger partial charge in [0.1, 0.15) is 11.1 Å². The fourth-order valence-corrected chi connectivity index (χ4v) is 4.72. The zero-order valence-corrected chi connectivity index (χ0v) is 21.1. The van der Waals surface area contributed by atoms with Crippen molar-refractivity contribution in [1.29, 1.82) is 0 Å². The Balaban J connectivity index is 1.38. The first-order valence-corrected chi connectivity index (χ1v) is 12.2. The summed E-state index contributed by atoms with van der Waals surface area (Å²) in [6.07, 6.45) is -0.0131. The fourth-order valence-electron chi connectivity index (χ4n) is 4.72. The lowest BCUT2D eigenvalue weighted by molar-refractivity contribution is -0.136. The van der Waals surface area contributed by atoms with Gasteiger partial charge in [0.15, 0.2) is 0 Å². The molecule has 10 heteroatoms. The number of hydrogen-bond acceptors (Lipinski definition) is 5. The average Bonchev–Trinajstić information content (AvgIpc) is 3.21. The molecule has 2 aromatic heterocycles. The van der Waals surface area contributed by atoms with E-state index >= 15 is 0 Å². The highest BCUT2D eigenvalue weighted by Crippen LogP contribution is 2.38. The standard InChI is InChI=1S/C27H28F3N5O2/c1-26(2,3)37-25(36)35-9-7-16(8-10-35)23-14-31-22-13-17(5-6-21(22)32-23)18-11-19-15-34(4)33-24(19)20(12-18)27(28,29)30/h5-6,11-16H,7-10H2,1-4H3. The monoisotopic (exact) mass is 511 g/mol. The third kappa shape index (κ3) is 5.23. The minimum absolute atomic E-state index is 0.0679. The molecule has 0 bridgehead atoms. The molecule has 2 aromatic carbocycles. The minimum atomic E-state index is -4.52. The van der Waals surface area contributed by atoms with E-state index in [1.165, 1.54) is 4.68 Å². The van der Waals surface area contributed by atoms with Crippen LogP contribution in [0.25, 0.3) is 33.1 Å². The number of benzene rings is 2. The van der Waals surface area contributed by atoms with Crippen LogP contribution in [0.5, 0.6) is 0 Å². The number of ether oxygens (including phenoxy) is 1. The van der Waals surface area contributed by atoms with E-state index in [0.717, 1.165) is 24.6 Å². The van der Waals surface area contributed by atoms with Crippen LogP contribution in [-0.2, 0) is 18.0 Å². The molecule has 3 heterocycles. The Morgan fingerprint density at radius 1 is 1.03 bits per heavy atom. The van der Waals surface area contributed by atoms with Gasteiger partial charge in [-0.3, -0.25) is 9.67 Å². The molecule has 0 radical (unpaired) electrons. The highest BCUT2D eigenvalue weighted by atomic mass is 19.4. The Morgan fingerprint density at radius 3 is 2.43 bits per heavy atom. The van der Waals surface area contributed by atoms with Gasteiger partial charge < -0.3 is 9.64 Å². The molecule has 1 aliphatic heterocycles. The quantitative estimate of drug-likeness (QED) is 0.315. The second kappa shape index (κ2) is 9.00. The zero-order valence-electron chi connectivity index (χ0n) is 21.1. The molecule has 7 nitrogen and oxygen atoms in total. The van der Waals surface area contributed by atoms with Gasteiger partial charge in [-0.15, -0.1) is 0 Å². The number of aromatic nitrogens is 4. The molecule has 194 valence electrons. The summed E-state index contributed by atoms with van der Waals surface area (Å²) < 4.78 is 48.1. The molecule has 1 saturated heterocycles. The Bertz CT molecular complexity index is 1480. The van der Waals surface area contributed by atoms with Crippen molar-refractivity contribution < 1.29 is 22.7 Å². The van der Waals surface area contributed by atoms with Crippen LogP contribution in [0, 0.1) is 0 Å². The molecular formula is C27H28F3N5O2. The van der Waals surface area contributed by atoms with Crippen LogP contribution in [0.15, 0.2) is 42.7 Å². The van der Waals surface area contributed by atoms with Crippen LogP contribution in [0.1, 0.15) is 50.8 Å². The molecule has 1 fully saturated rings. The summed E-state index contributed by atoms with van der Waals surface area (Å²) in [7, 11) is 1.60. The number of amides is 1. The summed E-state index contributed by atoms with van der Waals surface area (Å²) in [4.78, 5) is 23.4. The van der Waals surface area contributed by atoms with Crippen LogP contribution in [0.4, 0.5) is 18.0 Å². The van der Waals surface area contributed by atoms with Crippen molar-refractivity contribution in [2.75, 3.05) is 13.1 Å². The van der Waals surface area contributed by atoms with Crippen molar-refractivity contribution in [1.82, 2.24) is 24.6 Å². The van der Waals surface area contributed by atoms with Crippen LogP contribution in [-0.4, -0.2) is 49.4 Å². The topological polar surface area (TPSA) is 73.1 Å². The van der Waals surface area contributed by atoms with E-state index in [9.17, 15) is 18.0 Å². The lowest BCUT2D eigenvalue weighted by atomic mass is 9.94. The van der Waals surface area contributed by atoms with Gasteiger partial charge in [0, 0.05) is 43.8 Å². The van der Waals surface area contributed by atoms with Crippen LogP contribution >= 0.6 is 0 Å². The van der Waals surface area contributed by atoms with Crippen molar-refractivity contribution in [3.05, 3.63) is 54.0 Å². The summed E-state index contributed by atoms with van der Waals surface area (Å²) in [5.74, 6) is 0.164. The number of piperidine rings is 1. The third-order valence-corrected chi connectivity index (χ3v) is 6.49. The van der Waals surface area contributed by atoms with E-state index in [-0.39, 0.29) is 17.5 Å². The zero-order chi connectivity index (χ0) is 26.5. The Kier molecular flexibility index (Phi) is 6.08. The largest absolute Gasteiger partial charge is 0.444 e. The van der Waals surface area contributed by atoms with Crippen molar-refractivity contribution in [3.63, 3.8) is 0 Å². The molecular weight excluding hydrogens is 483 g/mol. The molecule has 1 amide bonds. The number of aryl methyl sites for hydroxylation is 1. The second-order valence-corrected chi connectivity index (χ2v) is 10.5. The number of carbonyl (C=O) groups excluding carboxylic acids is 1. The number of hydrogen-bond donors (Lipinski definition) is 0. The Hall–Kier alpha value is -3.69. The summed E-state index contributed by atoms with van der Waals surface area (Å²) in [5.41, 5.74) is 1.82. The molecule has 0 saturated carbocycles. The number of rotatable bonds is 2. The van der Waals surface area contributed by atoms with Gasteiger partial charge in [-0.1, -0.05) is 6.07 Å². The van der Waals surface area contributed by atoms with E-state index in [4.69, 9.17) is 9.72 Å². The number of fused-ring (bicyclic) bond motifs is 2. The number of likely N-dealkylation sites (tertiary alicyclic amines) is 1. The molecule has 0 atom stereocenters. The van der Waals surface area contributed by atoms with E-state index in [1.54, 1.807) is 48.6 Å². The lowest BCUT2D eigenvalue weighted by Gasteiger charge is -2.33. The van der Waals surface area contributed by atoms with Gasteiger partial charge in [0.05, 0.1) is 22.3 Å². The third-order valence-electron chi connectivity index (χ3n) is 6.49. The number of carbonyl (C=O) groups is 1. The molecule has 1 aliphatic rings. The molecule has 4 aromatic rings. The van der Waals surface area contributed by atoms with E-state index in [2.05, 4.69) is 10.1 Å². The van der Waals surface area contributed by atoms with Crippen LogP contribution in [0.2, 0.25) is 0 Å². The van der Waals surface area contributed by atoms with Gasteiger partial charge in [-0.05, 0) is 69.0 Å². The highest BCUT2D eigenvalue weighted by Gasteiger charge is 2.34. The Morgan fingerprint density at radius 2 is 1.76 bits per heavy atom. The first-order chi connectivity index (χ1) is 17.4. The van der Waals surface area contributed by atoms with Gasteiger partial charge in [-0.25, -0.2) is 9.78 Å². The maximum Gasteiger partial charge on any atom is 0.418 e. The van der Waals surface area contributed by atoms with E-state index in [1.807, 2.05) is 20.8 Å². The summed E-state index contributed by atoms with van der Waals surface area (Å²) in [5, 5.41) is 4.42. The lowest BCUT2D eigenvalue weighted by Crippen LogP contribution is -2.41. The first kappa shape index (κ1) is 25.0. The highest BCUT2D eigenvalue weighted by molar-refractivity contribution is 5.89. The molecule has 5 rings (SSSR count). The van der Waals surface area contributed by atoms with Gasteiger partial charge in [-0.2, -0.15) is 18.3 Å². The second-order valence-electron chi connectivity index (χ2n) is 10.5. The number of halogens is 3. The SMILES string of the molecule is Cn1cc2cc(-c3ccc4nc(C5CCN(C(=O)OC(C)(C)C)CC5)cnc4c3)cc(C(F)(F)F)c2n1. The maximum absolute atomic E-state index is 13.7. The minimum Gasteiger partial charge on any atom is -0.444 e. The van der Waals surface area contributed by atoms with Crippen LogP contribution < -0.4 is 0 Å². The van der Waals surface area contributed by atoms with Crippen molar-refractivity contribution >= 4 is 28.0 Å². The molecule has 37 heavy (non-hydrogen) atoms. The number of nitrogens with zero attached hydrogens (tertiary/aromatic N) is 5. The summed E-state index contributed by atoms with van der Waals surface area (Å²) in [6.45, 7) is 6.70. The summed E-state index contributed by atoms with van der Waals surface area (Å²) in [6, 6.07) is 8.16. The normalized spacial score (nSPS) is 15.5. The molecule has 0 spiro atoms. The van der Waals surface area contributed by atoms with Crippen molar-refractivity contribution in [2.45, 2.75) is 51.3 Å². The van der Waals surface area contributed by atoms with Crippen molar-refractivity contribution in [3.8, 4) is 11.1 Å². The van der Waals surface area contributed by atoms with Crippen molar-refractivity contribution in [2.24, 2.45) is 7.05 Å². The number of alkyl halides is 3. The predicted molar refractivity (Wildman–Crippen MR) is 134 cm³/mol. The smallest absolute Gasteiger partial charge is 0.418 e. The molecule has 0 N–H and O–H groups in total. The first-order valence-electron chi connectivity index (χ1n) is 12.2. The average molecular weight is 512 g/mol. The van der Waals surface area contributed by atoms with E-state index in [0.29, 0.717) is 40.6 Å². The summed E-state index contributed by atoms with van der Waals surface area (Å²) >= 11 is 0. The molecule has 0 unspecified atom stereocenters. The maximum atomic E-state index is 13.7. The van der Waals surface area contributed by atoms with Gasteiger partial charge in [0.25, 0.3) is 0 Å². The van der Waals surface area contributed by atoms with Crippen LogP contribution in [0.3, 0.4) is 0 Å². The Labute approximate surface area is 212 Å². The predicted octanol–water partition coefficient (Wildman–Crippen LogP) is 6.32. The molecule has 0 aliphatic carbocycles. The van der Waals surface area contributed by atoms with E-state index < -0.39 is 17.3 Å². The van der Waals surface area contributed by atoms with Gasteiger partial charge in [0.2, 0.25) is 0 Å². The van der Waals surface area contributed by atoms with Gasteiger partial charge >= 0.3 is 12.3 Å².